The summed E-state index contributed by atoms with van der Waals surface area (Å²) in [6.45, 7) is 0. The summed E-state index contributed by atoms with van der Waals surface area (Å²) in [5.41, 5.74) is 0.774. The quantitative estimate of drug-likeness (QED) is 0.554. The summed E-state index contributed by atoms with van der Waals surface area (Å²) < 4.78 is 39.5. The SMILES string of the molecule is [2H]c1c([2H])c([2H])c(-c2ccc(Cl)c3ccccc23)c([2H])c1[2H]. The molecule has 0 aliphatic heterocycles. The van der Waals surface area contributed by atoms with Crippen molar-refractivity contribution in [3.05, 3.63) is 71.6 Å². The minimum absolute atomic E-state index is 0.193. The smallest absolute Gasteiger partial charge is 0.0629 e. The predicted molar refractivity (Wildman–Crippen MR) is 74.4 cm³/mol. The van der Waals surface area contributed by atoms with Gasteiger partial charge in [-0.05, 0) is 22.6 Å². The first-order valence-electron chi connectivity index (χ1n) is 7.68. The van der Waals surface area contributed by atoms with Gasteiger partial charge < -0.3 is 0 Å². The van der Waals surface area contributed by atoms with Crippen LogP contribution in [0.25, 0.3) is 21.9 Å². The van der Waals surface area contributed by atoms with Crippen LogP contribution in [0.5, 0.6) is 0 Å². The van der Waals surface area contributed by atoms with Gasteiger partial charge in [0.25, 0.3) is 0 Å². The first-order valence-corrected chi connectivity index (χ1v) is 5.55. The van der Waals surface area contributed by atoms with Crippen LogP contribution in [-0.2, 0) is 0 Å². The fourth-order valence-corrected chi connectivity index (χ4v) is 2.09. The minimum atomic E-state index is -0.392. The second-order valence-electron chi connectivity index (χ2n) is 3.64. The Morgan fingerprint density at radius 2 is 1.53 bits per heavy atom. The third-order valence-electron chi connectivity index (χ3n) is 2.64. The number of fused-ring (bicyclic) bond motifs is 1. The first-order chi connectivity index (χ1) is 10.4. The molecule has 0 radical (unpaired) electrons. The number of rotatable bonds is 1. The van der Waals surface area contributed by atoms with Crippen molar-refractivity contribution in [3.8, 4) is 11.1 Å². The molecule has 0 heterocycles. The molecule has 3 aromatic rings. The van der Waals surface area contributed by atoms with Gasteiger partial charge in [-0.25, -0.2) is 0 Å². The van der Waals surface area contributed by atoms with E-state index >= 15 is 0 Å². The second-order valence-corrected chi connectivity index (χ2v) is 4.05. The molecular formula is C16H11Cl. The fraction of sp³-hybridized carbons (Fsp3) is 0. The first kappa shape index (κ1) is 6.23. The van der Waals surface area contributed by atoms with Gasteiger partial charge in [0.05, 0.1) is 6.85 Å². The Bertz CT molecular complexity index is 876. The van der Waals surface area contributed by atoms with Crippen LogP contribution in [0.2, 0.25) is 5.02 Å². The van der Waals surface area contributed by atoms with Crippen molar-refractivity contribution in [2.75, 3.05) is 0 Å². The lowest BCUT2D eigenvalue weighted by molar-refractivity contribution is 1.65. The zero-order valence-corrected chi connectivity index (χ0v) is 9.60. The molecule has 17 heavy (non-hydrogen) atoms. The maximum atomic E-state index is 8.10. The topological polar surface area (TPSA) is 0 Å². The highest BCUT2D eigenvalue weighted by atomic mass is 35.5. The van der Waals surface area contributed by atoms with Gasteiger partial charge in [0.1, 0.15) is 0 Å². The molecule has 3 rings (SSSR count). The van der Waals surface area contributed by atoms with Gasteiger partial charge in [-0.1, -0.05) is 72.1 Å². The van der Waals surface area contributed by atoms with Gasteiger partial charge in [0.2, 0.25) is 0 Å². The van der Waals surface area contributed by atoms with Gasteiger partial charge >= 0.3 is 0 Å². The average Bonchev–Trinajstić information content (AvgIpc) is 2.53. The Hall–Kier alpha value is -1.79. The van der Waals surface area contributed by atoms with E-state index in [2.05, 4.69) is 0 Å². The average molecular weight is 244 g/mol. The van der Waals surface area contributed by atoms with Crippen molar-refractivity contribution in [2.24, 2.45) is 0 Å². The molecule has 0 spiro atoms. The molecule has 0 bridgehead atoms. The van der Waals surface area contributed by atoms with Crippen molar-refractivity contribution >= 4 is 22.4 Å². The van der Waals surface area contributed by atoms with Crippen LogP contribution in [-0.4, -0.2) is 0 Å². The fourth-order valence-electron chi connectivity index (χ4n) is 1.86. The zero-order chi connectivity index (χ0) is 16.0. The lowest BCUT2D eigenvalue weighted by Crippen LogP contribution is -1.81. The van der Waals surface area contributed by atoms with Gasteiger partial charge in [-0.3, -0.25) is 0 Å². The van der Waals surface area contributed by atoms with Crippen molar-refractivity contribution in [3.63, 3.8) is 0 Å². The van der Waals surface area contributed by atoms with Gasteiger partial charge in [0, 0.05) is 10.4 Å². The molecule has 0 saturated heterocycles. The number of halogens is 1. The van der Waals surface area contributed by atoms with E-state index in [0.717, 1.165) is 10.8 Å². The number of hydrogen-bond acceptors (Lipinski definition) is 0. The summed E-state index contributed by atoms with van der Waals surface area (Å²) in [5.74, 6) is 0. The van der Waals surface area contributed by atoms with Crippen molar-refractivity contribution in [2.45, 2.75) is 0 Å². The standard InChI is InChI=1S/C16H11Cl/c17-16-11-10-13(12-6-2-1-3-7-12)14-8-4-5-9-15(14)16/h1-11H/i1D,2D,3D,6D,7D. The summed E-state index contributed by atoms with van der Waals surface area (Å²) in [6, 6.07) is 9.24. The van der Waals surface area contributed by atoms with Crippen LogP contribution in [0.3, 0.4) is 0 Å². The summed E-state index contributed by atoms with van der Waals surface area (Å²) in [7, 11) is 0. The molecule has 0 nitrogen and oxygen atoms in total. The molecule has 0 aliphatic rings. The molecule has 0 aliphatic carbocycles. The van der Waals surface area contributed by atoms with Crippen molar-refractivity contribution in [1.82, 2.24) is 0 Å². The van der Waals surface area contributed by atoms with E-state index in [1.165, 1.54) is 0 Å². The highest BCUT2D eigenvalue weighted by Gasteiger charge is 2.05. The van der Waals surface area contributed by atoms with Crippen LogP contribution in [0.4, 0.5) is 0 Å². The van der Waals surface area contributed by atoms with E-state index < -0.39 is 6.04 Å². The van der Waals surface area contributed by atoms with Crippen molar-refractivity contribution in [1.29, 1.82) is 0 Å². The Balaban J connectivity index is 2.46. The highest BCUT2D eigenvalue weighted by Crippen LogP contribution is 2.32. The van der Waals surface area contributed by atoms with Gasteiger partial charge in [-0.2, -0.15) is 0 Å². The summed E-state index contributed by atoms with van der Waals surface area (Å²) in [4.78, 5) is 0. The maximum Gasteiger partial charge on any atom is 0.0629 e. The third kappa shape index (κ3) is 1.81. The van der Waals surface area contributed by atoms with E-state index in [0.29, 0.717) is 10.6 Å². The molecule has 0 N–H and O–H groups in total. The Morgan fingerprint density at radius 3 is 2.29 bits per heavy atom. The predicted octanol–water partition coefficient (Wildman–Crippen LogP) is 5.16. The second kappa shape index (κ2) is 4.23. The minimum Gasteiger partial charge on any atom is -0.0837 e. The molecule has 1 heteroatoms. The van der Waals surface area contributed by atoms with Crippen LogP contribution in [0.15, 0.2) is 66.6 Å². The number of hydrogen-bond donors (Lipinski definition) is 0. The molecule has 0 fully saturated rings. The Labute approximate surface area is 112 Å². The molecule has 82 valence electrons. The van der Waals surface area contributed by atoms with E-state index in [1.807, 2.05) is 24.3 Å². The van der Waals surface area contributed by atoms with E-state index in [9.17, 15) is 0 Å². The lowest BCUT2D eigenvalue weighted by Gasteiger charge is -2.08. The normalized spacial score (nSPS) is 14.8. The lowest BCUT2D eigenvalue weighted by atomic mass is 9.98. The number of benzene rings is 3. The van der Waals surface area contributed by atoms with E-state index in [4.69, 9.17) is 18.5 Å². The van der Waals surface area contributed by atoms with Crippen LogP contribution < -0.4 is 0 Å². The Morgan fingerprint density at radius 1 is 0.824 bits per heavy atom. The van der Waals surface area contributed by atoms with E-state index in [-0.39, 0.29) is 29.7 Å². The van der Waals surface area contributed by atoms with Crippen molar-refractivity contribution < 1.29 is 6.85 Å². The highest BCUT2D eigenvalue weighted by molar-refractivity contribution is 6.36. The zero-order valence-electron chi connectivity index (χ0n) is 13.8. The molecule has 3 aromatic carbocycles. The molecule has 0 atom stereocenters. The molecule has 0 unspecified atom stereocenters. The molecular weight excluding hydrogens is 228 g/mol. The molecule has 0 aromatic heterocycles. The summed E-state index contributed by atoms with van der Waals surface area (Å²) in [5, 5.41) is 2.11. The largest absolute Gasteiger partial charge is 0.0837 e. The van der Waals surface area contributed by atoms with Crippen LogP contribution in [0.1, 0.15) is 6.85 Å². The maximum absolute atomic E-state index is 8.10. The molecule has 0 amide bonds. The van der Waals surface area contributed by atoms with Crippen LogP contribution >= 0.6 is 11.6 Å². The van der Waals surface area contributed by atoms with Crippen LogP contribution in [0, 0.1) is 0 Å². The Kier molecular flexibility index (Phi) is 1.55. The molecule has 0 saturated carbocycles. The van der Waals surface area contributed by atoms with E-state index in [1.54, 1.807) is 12.1 Å². The van der Waals surface area contributed by atoms with Gasteiger partial charge in [0.15, 0.2) is 0 Å². The van der Waals surface area contributed by atoms with Gasteiger partial charge in [-0.15, -0.1) is 0 Å². The third-order valence-corrected chi connectivity index (χ3v) is 2.97. The summed E-state index contributed by atoms with van der Waals surface area (Å²) >= 11 is 6.19. The summed E-state index contributed by atoms with van der Waals surface area (Å²) in [6.07, 6.45) is 0. The monoisotopic (exact) mass is 243 g/mol.